The Labute approximate surface area is 193 Å². The van der Waals surface area contributed by atoms with Crippen molar-refractivity contribution in [3.8, 4) is 5.75 Å². The van der Waals surface area contributed by atoms with Gasteiger partial charge in [0.1, 0.15) is 18.3 Å². The molecule has 1 aromatic rings. The van der Waals surface area contributed by atoms with Gasteiger partial charge in [-0.1, -0.05) is 0 Å². The third-order valence-electron chi connectivity index (χ3n) is 3.94. The summed E-state index contributed by atoms with van der Waals surface area (Å²) < 4.78 is 60.1. The van der Waals surface area contributed by atoms with Gasteiger partial charge in [0.25, 0.3) is 5.56 Å². The molecule has 0 radical (unpaired) electrons. The molecular weight excluding hydrogens is 553 g/mol. The number of nitrogens with zero attached hydrogens (tertiary/aromatic N) is 1. The van der Waals surface area contributed by atoms with Crippen LogP contribution in [0.1, 0.15) is 6.23 Å². The Morgan fingerprint density at radius 1 is 1.09 bits per heavy atom. The fraction of sp³-hybridized carbons (Fsp3) is 0.583. The number of hydrogen-bond acceptors (Lipinski definition) is 14. The van der Waals surface area contributed by atoms with Crippen LogP contribution in [-0.4, -0.2) is 83.9 Å². The predicted molar refractivity (Wildman–Crippen MR) is 105 cm³/mol. The van der Waals surface area contributed by atoms with Crippen LogP contribution >= 0.6 is 23.5 Å². The molecule has 0 spiro atoms. The largest absolute Gasteiger partial charge is 0.490 e. The molecule has 1 aliphatic heterocycles. The average molecular weight is 572 g/mol. The smallest absolute Gasteiger partial charge is 0.475 e. The quantitative estimate of drug-likeness (QED) is 0.103. The Hall–Kier alpha value is -1.76. The van der Waals surface area contributed by atoms with Crippen LogP contribution in [0.15, 0.2) is 15.8 Å². The Morgan fingerprint density at radius 2 is 1.71 bits per heavy atom. The van der Waals surface area contributed by atoms with Crippen LogP contribution in [-0.2, 0) is 41.1 Å². The SMILES string of the molecule is COC(=O)COc1cn([C@@H]2O[C@H](COP(=O)(O)OP(=O)(O)OP(=O)(O)O)[C@H](O)C2O)c(=O)[nH]c1=O. The number of aliphatic hydroxyl groups excluding tert-OH is 2. The molecule has 1 aliphatic rings. The van der Waals surface area contributed by atoms with Crippen molar-refractivity contribution in [2.75, 3.05) is 20.3 Å². The molecule has 0 bridgehead atoms. The first-order valence-corrected chi connectivity index (χ1v) is 13.3. The minimum absolute atomic E-state index is 0.548. The van der Waals surface area contributed by atoms with Crippen LogP contribution in [0, 0.1) is 0 Å². The Bertz CT molecular complexity index is 1190. The first-order chi connectivity index (χ1) is 15.9. The summed E-state index contributed by atoms with van der Waals surface area (Å²) in [5.74, 6) is -1.46. The third-order valence-corrected chi connectivity index (χ3v) is 7.74. The lowest BCUT2D eigenvalue weighted by Gasteiger charge is -2.19. The number of esters is 1. The lowest BCUT2D eigenvalue weighted by Crippen LogP contribution is -2.38. The number of rotatable bonds is 11. The molecule has 0 saturated carbocycles. The average Bonchev–Trinajstić information content (AvgIpc) is 2.97. The summed E-state index contributed by atoms with van der Waals surface area (Å²) >= 11 is 0. The number of carbonyl (C=O) groups is 1. The highest BCUT2D eigenvalue weighted by atomic mass is 31.3. The zero-order valence-electron chi connectivity index (χ0n) is 17.2. The van der Waals surface area contributed by atoms with Gasteiger partial charge in [-0.05, 0) is 0 Å². The Morgan fingerprint density at radius 3 is 2.29 bits per heavy atom. The molecular formula is C12H19N2O18P3. The minimum Gasteiger partial charge on any atom is -0.475 e. The lowest BCUT2D eigenvalue weighted by atomic mass is 10.1. The number of aliphatic hydroxyl groups is 2. The number of methoxy groups -OCH3 is 1. The van der Waals surface area contributed by atoms with Crippen molar-refractivity contribution in [1.82, 2.24) is 9.55 Å². The topological polar surface area (TPSA) is 300 Å². The van der Waals surface area contributed by atoms with E-state index in [2.05, 4.69) is 17.9 Å². The first-order valence-electron chi connectivity index (χ1n) is 8.80. The number of aromatic amines is 1. The van der Waals surface area contributed by atoms with Gasteiger partial charge in [0, 0.05) is 0 Å². The van der Waals surface area contributed by atoms with E-state index in [1.165, 1.54) is 0 Å². The van der Waals surface area contributed by atoms with Gasteiger partial charge in [0.05, 0.1) is 19.9 Å². The summed E-state index contributed by atoms with van der Waals surface area (Å²) in [4.78, 5) is 72.5. The van der Waals surface area contributed by atoms with Crippen LogP contribution in [0.25, 0.3) is 0 Å². The highest BCUT2D eigenvalue weighted by molar-refractivity contribution is 7.66. The number of phosphoric ester groups is 1. The zero-order chi connectivity index (χ0) is 26.8. The number of carbonyl (C=O) groups excluding carboxylic acids is 1. The van der Waals surface area contributed by atoms with E-state index in [0.717, 1.165) is 13.3 Å². The number of ether oxygens (including phenoxy) is 3. The molecule has 35 heavy (non-hydrogen) atoms. The molecule has 2 rings (SSSR count). The molecule has 3 unspecified atom stereocenters. The molecule has 1 fully saturated rings. The second-order valence-corrected chi connectivity index (χ2v) is 10.9. The van der Waals surface area contributed by atoms with E-state index in [4.69, 9.17) is 24.2 Å². The summed E-state index contributed by atoms with van der Waals surface area (Å²) in [5, 5.41) is 20.3. The second kappa shape index (κ2) is 11.1. The maximum Gasteiger partial charge on any atom is 0.490 e. The standard InChI is InChI=1S/C12H19N2O18P3/c1-27-7(15)4-28-5-2-14(12(19)13-10(5)18)11-9(17)8(16)6(30-11)3-29-34(23,24)32-35(25,26)31-33(20,21)22/h2,6,8-9,11,16-17H,3-4H2,1H3,(H,23,24)(H,25,26)(H,13,18,19)(H2,20,21,22)/t6-,8+,9?,11-/m1/s1. The summed E-state index contributed by atoms with van der Waals surface area (Å²) in [6.45, 7) is -1.86. The number of nitrogens with one attached hydrogen (secondary N) is 1. The van der Waals surface area contributed by atoms with Crippen molar-refractivity contribution < 1.29 is 75.6 Å². The molecule has 7 N–H and O–H groups in total. The van der Waals surface area contributed by atoms with Crippen LogP contribution < -0.4 is 16.0 Å². The number of H-pyrrole nitrogens is 1. The van der Waals surface area contributed by atoms with Crippen molar-refractivity contribution in [3.63, 3.8) is 0 Å². The second-order valence-electron chi connectivity index (χ2n) is 6.46. The van der Waals surface area contributed by atoms with Crippen LogP contribution in [0.5, 0.6) is 5.75 Å². The van der Waals surface area contributed by atoms with E-state index in [9.17, 15) is 43.2 Å². The minimum atomic E-state index is -5.80. The van der Waals surface area contributed by atoms with E-state index >= 15 is 0 Å². The van der Waals surface area contributed by atoms with Gasteiger partial charge in [-0.15, -0.1) is 0 Å². The molecule has 2 heterocycles. The fourth-order valence-corrected chi connectivity index (χ4v) is 5.55. The first kappa shape index (κ1) is 29.5. The van der Waals surface area contributed by atoms with Gasteiger partial charge < -0.3 is 44.0 Å². The van der Waals surface area contributed by atoms with Crippen molar-refractivity contribution in [3.05, 3.63) is 27.0 Å². The van der Waals surface area contributed by atoms with E-state index in [0.29, 0.717) is 4.57 Å². The highest BCUT2D eigenvalue weighted by Gasteiger charge is 2.47. The van der Waals surface area contributed by atoms with E-state index in [1.807, 2.05) is 0 Å². The van der Waals surface area contributed by atoms with Gasteiger partial charge in [-0.2, -0.15) is 8.62 Å². The maximum atomic E-state index is 12.1. The summed E-state index contributed by atoms with van der Waals surface area (Å²) in [6, 6.07) is 0. The van der Waals surface area contributed by atoms with E-state index < -0.39 is 84.2 Å². The van der Waals surface area contributed by atoms with Gasteiger partial charge in [-0.25, -0.2) is 23.3 Å². The highest BCUT2D eigenvalue weighted by Crippen LogP contribution is 2.66. The summed E-state index contributed by atoms with van der Waals surface area (Å²) in [7, 11) is -15.9. The van der Waals surface area contributed by atoms with Gasteiger partial charge in [0.2, 0.25) is 5.75 Å². The molecule has 200 valence electrons. The zero-order valence-corrected chi connectivity index (χ0v) is 19.9. The lowest BCUT2D eigenvalue weighted by molar-refractivity contribution is -0.143. The van der Waals surface area contributed by atoms with Gasteiger partial charge in [-0.3, -0.25) is 18.9 Å². The third kappa shape index (κ3) is 8.40. The molecule has 6 atom stereocenters. The molecule has 0 aromatic carbocycles. The van der Waals surface area contributed by atoms with E-state index in [1.54, 1.807) is 4.98 Å². The maximum absolute atomic E-state index is 12.1. The molecule has 1 saturated heterocycles. The fourth-order valence-electron chi connectivity index (χ4n) is 2.52. The summed E-state index contributed by atoms with van der Waals surface area (Å²) in [6.07, 6.45) is -6.54. The van der Waals surface area contributed by atoms with Crippen molar-refractivity contribution in [2.45, 2.75) is 24.5 Å². The van der Waals surface area contributed by atoms with Gasteiger partial charge in [0.15, 0.2) is 12.8 Å². The summed E-state index contributed by atoms with van der Waals surface area (Å²) in [5.41, 5.74) is -2.22. The molecule has 0 amide bonds. The van der Waals surface area contributed by atoms with Crippen LogP contribution in [0.3, 0.4) is 0 Å². The molecule has 23 heteroatoms. The number of aromatic nitrogens is 2. The number of hydrogen-bond donors (Lipinski definition) is 7. The van der Waals surface area contributed by atoms with Crippen molar-refractivity contribution in [2.24, 2.45) is 0 Å². The monoisotopic (exact) mass is 572 g/mol. The Kier molecular flexibility index (Phi) is 9.35. The van der Waals surface area contributed by atoms with E-state index in [-0.39, 0.29) is 0 Å². The van der Waals surface area contributed by atoms with Crippen LogP contribution in [0.4, 0.5) is 0 Å². The molecule has 20 nitrogen and oxygen atoms in total. The molecule has 1 aromatic heterocycles. The number of phosphoric acid groups is 3. The van der Waals surface area contributed by atoms with Crippen molar-refractivity contribution in [1.29, 1.82) is 0 Å². The van der Waals surface area contributed by atoms with Crippen molar-refractivity contribution >= 4 is 29.4 Å². The Balaban J connectivity index is 2.14. The normalized spacial score (nSPS) is 26.0. The predicted octanol–water partition coefficient (Wildman–Crippen LogP) is -2.95. The van der Waals surface area contributed by atoms with Crippen LogP contribution in [0.2, 0.25) is 0 Å². The van der Waals surface area contributed by atoms with Gasteiger partial charge >= 0.3 is 35.1 Å². The molecule has 0 aliphatic carbocycles.